The number of nitrogens with two attached hydrogens (primary N) is 1. The number of nitrogens with one attached hydrogen (secondary N) is 1. The van der Waals surface area contributed by atoms with Gasteiger partial charge in [-0.15, -0.1) is 0 Å². The lowest BCUT2D eigenvalue weighted by Gasteiger charge is -2.22. The van der Waals surface area contributed by atoms with Crippen LogP contribution >= 0.6 is 11.6 Å². The summed E-state index contributed by atoms with van der Waals surface area (Å²) in [5, 5.41) is 3.81. The van der Waals surface area contributed by atoms with E-state index in [0.29, 0.717) is 23.1 Å². The van der Waals surface area contributed by atoms with Gasteiger partial charge in [-0.25, -0.2) is 4.39 Å². The molecule has 1 heterocycles. The number of benzene rings is 3. The van der Waals surface area contributed by atoms with Crippen LogP contribution in [-0.2, 0) is 4.74 Å². The van der Waals surface area contributed by atoms with Crippen molar-refractivity contribution in [1.29, 1.82) is 0 Å². The summed E-state index contributed by atoms with van der Waals surface area (Å²) in [5.41, 5.74) is 9.11. The fraction of sp³-hybridized carbons (Fsp3) is 0.250. The lowest BCUT2D eigenvalue weighted by atomic mass is 9.86. The van der Waals surface area contributed by atoms with Crippen LogP contribution in [0, 0.1) is 11.7 Å². The first kappa shape index (κ1) is 24.8. The minimum Gasteiger partial charge on any atom is -0.488 e. The van der Waals surface area contributed by atoms with E-state index in [1.165, 1.54) is 19.2 Å². The van der Waals surface area contributed by atoms with E-state index >= 15 is 4.39 Å². The van der Waals surface area contributed by atoms with Crippen molar-refractivity contribution in [3.8, 4) is 16.9 Å². The highest BCUT2D eigenvalue weighted by Crippen LogP contribution is 2.41. The summed E-state index contributed by atoms with van der Waals surface area (Å²) in [5.74, 6) is -1.17. The van der Waals surface area contributed by atoms with Crippen LogP contribution < -0.4 is 15.8 Å². The largest absolute Gasteiger partial charge is 0.488 e. The number of allylic oxidation sites excluding steroid dienone is 1. The van der Waals surface area contributed by atoms with Crippen molar-refractivity contribution >= 4 is 17.5 Å². The third kappa shape index (κ3) is 5.34. The highest BCUT2D eigenvalue weighted by atomic mass is 35.5. The molecule has 35 heavy (non-hydrogen) atoms. The molecule has 3 aromatic carbocycles. The monoisotopic (exact) mass is 494 g/mol. The summed E-state index contributed by atoms with van der Waals surface area (Å²) in [6, 6.07) is 18.4. The van der Waals surface area contributed by atoms with Crippen molar-refractivity contribution < 1.29 is 18.7 Å². The summed E-state index contributed by atoms with van der Waals surface area (Å²) < 4.78 is 26.3. The van der Waals surface area contributed by atoms with E-state index in [0.717, 1.165) is 23.4 Å². The first-order valence-corrected chi connectivity index (χ1v) is 11.8. The Morgan fingerprint density at radius 2 is 1.91 bits per heavy atom. The predicted molar refractivity (Wildman–Crippen MR) is 136 cm³/mol. The highest BCUT2D eigenvalue weighted by molar-refractivity contribution is 6.33. The van der Waals surface area contributed by atoms with Crippen molar-refractivity contribution in [3.63, 3.8) is 0 Å². The SMILES string of the molecule is COCCOc1ccc(C(N)=O)c(-c2cc(C(C3=CC(C)CN3)c3ccccc3)ccc2Cl)c1F. The van der Waals surface area contributed by atoms with Crippen LogP contribution in [0.5, 0.6) is 5.75 Å². The van der Waals surface area contributed by atoms with Gasteiger partial charge in [0.25, 0.3) is 0 Å². The molecule has 0 bridgehead atoms. The molecule has 0 spiro atoms. The molecule has 1 amide bonds. The van der Waals surface area contributed by atoms with E-state index in [9.17, 15) is 4.79 Å². The van der Waals surface area contributed by atoms with Gasteiger partial charge < -0.3 is 20.5 Å². The smallest absolute Gasteiger partial charge is 0.249 e. The number of carbonyl (C=O) groups excluding carboxylic acids is 1. The first-order valence-electron chi connectivity index (χ1n) is 11.4. The molecule has 3 N–H and O–H groups in total. The second-order valence-electron chi connectivity index (χ2n) is 8.57. The predicted octanol–water partition coefficient (Wildman–Crippen LogP) is 5.53. The molecule has 0 saturated carbocycles. The molecule has 1 aliphatic heterocycles. The van der Waals surface area contributed by atoms with Gasteiger partial charge in [0.15, 0.2) is 11.6 Å². The van der Waals surface area contributed by atoms with Gasteiger partial charge in [-0.3, -0.25) is 4.79 Å². The Hall–Kier alpha value is -3.35. The van der Waals surface area contributed by atoms with Crippen molar-refractivity contribution in [2.75, 3.05) is 26.9 Å². The summed E-state index contributed by atoms with van der Waals surface area (Å²) in [6.45, 7) is 3.45. The zero-order valence-corrected chi connectivity index (χ0v) is 20.4. The van der Waals surface area contributed by atoms with Gasteiger partial charge in [0.05, 0.1) is 12.2 Å². The first-order chi connectivity index (χ1) is 16.9. The topological polar surface area (TPSA) is 73.6 Å². The van der Waals surface area contributed by atoms with Crippen LogP contribution in [-0.4, -0.2) is 32.8 Å². The zero-order valence-electron chi connectivity index (χ0n) is 19.7. The molecule has 0 aliphatic carbocycles. The van der Waals surface area contributed by atoms with Crippen LogP contribution in [0.3, 0.4) is 0 Å². The molecule has 1 aliphatic rings. The van der Waals surface area contributed by atoms with Gasteiger partial charge in [-0.2, -0.15) is 0 Å². The van der Waals surface area contributed by atoms with E-state index in [1.54, 1.807) is 6.07 Å². The minimum atomic E-state index is -0.752. The molecule has 0 aromatic heterocycles. The second kappa shape index (κ2) is 10.9. The molecule has 0 radical (unpaired) electrons. The Kier molecular flexibility index (Phi) is 7.73. The zero-order chi connectivity index (χ0) is 24.9. The number of halogens is 2. The van der Waals surface area contributed by atoms with Gasteiger partial charge in [-0.1, -0.05) is 61.0 Å². The maximum Gasteiger partial charge on any atom is 0.249 e. The van der Waals surface area contributed by atoms with Crippen LogP contribution in [0.2, 0.25) is 5.02 Å². The maximum atomic E-state index is 15.7. The van der Waals surface area contributed by atoms with Crippen LogP contribution in [0.1, 0.15) is 34.3 Å². The Morgan fingerprint density at radius 1 is 1.14 bits per heavy atom. The Bertz CT molecular complexity index is 1250. The highest BCUT2D eigenvalue weighted by Gasteiger charge is 2.26. The molecule has 5 nitrogen and oxygen atoms in total. The third-order valence-electron chi connectivity index (χ3n) is 6.05. The van der Waals surface area contributed by atoms with Gasteiger partial charge in [-0.05, 0) is 41.3 Å². The van der Waals surface area contributed by atoms with E-state index in [1.807, 2.05) is 30.3 Å². The molecule has 2 atom stereocenters. The fourth-order valence-corrected chi connectivity index (χ4v) is 4.60. The number of rotatable bonds is 9. The molecular weight excluding hydrogens is 467 g/mol. The van der Waals surface area contributed by atoms with E-state index < -0.39 is 11.7 Å². The van der Waals surface area contributed by atoms with Gasteiger partial charge in [0.2, 0.25) is 5.91 Å². The minimum absolute atomic E-state index is 0.00266. The summed E-state index contributed by atoms with van der Waals surface area (Å²) in [6.07, 6.45) is 2.21. The Morgan fingerprint density at radius 3 is 2.57 bits per heavy atom. The molecule has 7 heteroatoms. The van der Waals surface area contributed by atoms with Crippen LogP contribution in [0.15, 0.2) is 72.4 Å². The third-order valence-corrected chi connectivity index (χ3v) is 6.38. The van der Waals surface area contributed by atoms with Crippen LogP contribution in [0.4, 0.5) is 4.39 Å². The number of hydrogen-bond donors (Lipinski definition) is 2. The summed E-state index contributed by atoms with van der Waals surface area (Å²) >= 11 is 6.58. The van der Waals surface area contributed by atoms with E-state index in [-0.39, 0.29) is 29.4 Å². The van der Waals surface area contributed by atoms with Gasteiger partial charge in [0.1, 0.15) is 6.61 Å². The van der Waals surface area contributed by atoms with Crippen molar-refractivity contribution in [2.24, 2.45) is 11.7 Å². The molecule has 0 saturated heterocycles. The molecule has 0 fully saturated rings. The van der Waals surface area contributed by atoms with Crippen LogP contribution in [0.25, 0.3) is 11.1 Å². The number of ether oxygens (including phenoxy) is 2. The van der Waals surface area contributed by atoms with Crippen molar-refractivity contribution in [2.45, 2.75) is 12.8 Å². The standard InChI is InChI=1S/C28H28ClFN2O3/c1-17-14-23(32-16-17)25(18-6-4-3-5-7-18)19-8-10-22(29)21(15-19)26-20(28(31)33)9-11-24(27(26)30)35-13-12-34-2/h3-11,14-15,17,25,32H,12-13,16H2,1-2H3,(H2,31,33). The second-order valence-corrected chi connectivity index (χ2v) is 8.98. The number of amides is 1. The summed E-state index contributed by atoms with van der Waals surface area (Å²) in [7, 11) is 1.53. The summed E-state index contributed by atoms with van der Waals surface area (Å²) in [4.78, 5) is 12.2. The molecule has 182 valence electrons. The van der Waals surface area contributed by atoms with Crippen molar-refractivity contribution in [3.05, 3.63) is 100.0 Å². The molecular formula is C28H28ClFN2O3. The number of carbonyl (C=O) groups is 1. The van der Waals surface area contributed by atoms with Crippen molar-refractivity contribution in [1.82, 2.24) is 5.32 Å². The molecule has 2 unspecified atom stereocenters. The van der Waals surface area contributed by atoms with Gasteiger partial charge in [0, 0.05) is 41.4 Å². The van der Waals surface area contributed by atoms with Gasteiger partial charge >= 0.3 is 0 Å². The molecule has 3 aromatic rings. The average Bonchev–Trinajstić information content (AvgIpc) is 3.27. The van der Waals surface area contributed by atoms with E-state index in [4.69, 9.17) is 26.8 Å². The normalized spacial score (nSPS) is 15.9. The quantitative estimate of drug-likeness (QED) is 0.384. The Balaban J connectivity index is 1.87. The number of hydrogen-bond acceptors (Lipinski definition) is 4. The van der Waals surface area contributed by atoms with E-state index in [2.05, 4.69) is 30.4 Å². The Labute approximate surface area is 209 Å². The lowest BCUT2D eigenvalue weighted by molar-refractivity contribution is 0.1000. The molecule has 4 rings (SSSR count). The average molecular weight is 495 g/mol. The maximum absolute atomic E-state index is 15.7. The fourth-order valence-electron chi connectivity index (χ4n) is 4.38. The lowest BCUT2D eigenvalue weighted by Crippen LogP contribution is -2.17. The number of primary amides is 1. The number of methoxy groups -OCH3 is 1.